The van der Waals surface area contributed by atoms with Gasteiger partial charge in [0.15, 0.2) is 5.96 Å². The zero-order valence-electron chi connectivity index (χ0n) is 18.1. The molecule has 0 aliphatic carbocycles. The molecule has 29 heavy (non-hydrogen) atoms. The molecule has 3 rings (SSSR count). The van der Waals surface area contributed by atoms with E-state index < -0.39 is 0 Å². The molecule has 1 aliphatic heterocycles. The highest BCUT2D eigenvalue weighted by molar-refractivity contribution is 5.79. The quantitative estimate of drug-likeness (QED) is 0.499. The first-order valence-corrected chi connectivity index (χ1v) is 10.9. The molecule has 0 bridgehead atoms. The third kappa shape index (κ3) is 6.72. The second kappa shape index (κ2) is 11.2. The molecule has 1 aliphatic rings. The lowest BCUT2D eigenvalue weighted by atomic mass is 10.0. The van der Waals surface area contributed by atoms with E-state index in [-0.39, 0.29) is 0 Å². The number of ether oxygens (including phenoxy) is 1. The van der Waals surface area contributed by atoms with Crippen molar-refractivity contribution in [2.24, 2.45) is 10.9 Å². The minimum absolute atomic E-state index is 0.466. The van der Waals surface area contributed by atoms with Gasteiger partial charge in [0.25, 0.3) is 0 Å². The molecule has 0 aromatic carbocycles. The Morgan fingerprint density at radius 3 is 2.79 bits per heavy atom. The summed E-state index contributed by atoms with van der Waals surface area (Å²) < 4.78 is 7.59. The lowest BCUT2D eigenvalue weighted by molar-refractivity contribution is 0.0143. The number of fused-ring (bicyclic) bond motifs is 1. The minimum atomic E-state index is 0.466. The summed E-state index contributed by atoms with van der Waals surface area (Å²) in [4.78, 5) is 12.1. The molecule has 7 nitrogen and oxygen atoms in total. The zero-order chi connectivity index (χ0) is 20.5. The molecule has 1 saturated heterocycles. The van der Waals surface area contributed by atoms with Crippen LogP contribution in [0.4, 0.5) is 0 Å². The van der Waals surface area contributed by atoms with Crippen molar-refractivity contribution in [1.82, 2.24) is 24.9 Å². The van der Waals surface area contributed by atoms with E-state index in [1.54, 1.807) is 0 Å². The fourth-order valence-electron chi connectivity index (χ4n) is 3.78. The third-order valence-corrected chi connectivity index (χ3v) is 5.20. The smallest absolute Gasteiger partial charge is 0.191 e. The molecule has 1 atom stereocenters. The summed E-state index contributed by atoms with van der Waals surface area (Å²) in [6, 6.07) is 6.53. The fourth-order valence-corrected chi connectivity index (χ4v) is 3.78. The Morgan fingerprint density at radius 2 is 2.07 bits per heavy atom. The van der Waals surface area contributed by atoms with Gasteiger partial charge in [0.05, 0.1) is 25.5 Å². The standard InChI is InChI=1S/C22H36N6O/c1-4-23-22(24-9-8-19-17-28-10-6-5-7-21(28)26-19)25-16-20(15-18(2)3)27-11-13-29-14-12-27/h5-7,10,17-18,20H,4,8-9,11-16H2,1-3H3,(H2,23,24,25). The fraction of sp³-hybridized carbons (Fsp3) is 0.636. The highest BCUT2D eigenvalue weighted by Crippen LogP contribution is 2.14. The number of hydrogen-bond donors (Lipinski definition) is 2. The van der Waals surface area contributed by atoms with Crippen LogP contribution < -0.4 is 10.6 Å². The van der Waals surface area contributed by atoms with Crippen LogP contribution in [0.3, 0.4) is 0 Å². The van der Waals surface area contributed by atoms with Crippen LogP contribution in [-0.4, -0.2) is 72.2 Å². The van der Waals surface area contributed by atoms with Crippen molar-refractivity contribution in [3.8, 4) is 0 Å². The second-order valence-corrected chi connectivity index (χ2v) is 8.03. The van der Waals surface area contributed by atoms with Crippen LogP contribution in [0.25, 0.3) is 5.65 Å². The van der Waals surface area contributed by atoms with Crippen LogP contribution in [-0.2, 0) is 11.2 Å². The summed E-state index contributed by atoms with van der Waals surface area (Å²) in [7, 11) is 0. The van der Waals surface area contributed by atoms with Crippen molar-refractivity contribution in [3.05, 3.63) is 36.3 Å². The summed E-state index contributed by atoms with van der Waals surface area (Å²) in [5, 5.41) is 6.85. The monoisotopic (exact) mass is 400 g/mol. The number of hydrogen-bond acceptors (Lipinski definition) is 4. The van der Waals surface area contributed by atoms with Gasteiger partial charge < -0.3 is 19.8 Å². The topological polar surface area (TPSA) is 66.2 Å². The highest BCUT2D eigenvalue weighted by Gasteiger charge is 2.21. The van der Waals surface area contributed by atoms with Crippen molar-refractivity contribution in [2.75, 3.05) is 45.9 Å². The molecule has 7 heteroatoms. The normalized spacial score (nSPS) is 17.0. The maximum absolute atomic E-state index is 5.53. The third-order valence-electron chi connectivity index (χ3n) is 5.20. The van der Waals surface area contributed by atoms with Crippen molar-refractivity contribution >= 4 is 11.6 Å². The first-order valence-electron chi connectivity index (χ1n) is 10.9. The average Bonchev–Trinajstić information content (AvgIpc) is 3.14. The molecule has 0 radical (unpaired) electrons. The summed E-state index contributed by atoms with van der Waals surface area (Å²) >= 11 is 0. The van der Waals surface area contributed by atoms with E-state index in [0.29, 0.717) is 12.0 Å². The first kappa shape index (κ1) is 21.6. The largest absolute Gasteiger partial charge is 0.379 e. The number of nitrogens with zero attached hydrogens (tertiary/aromatic N) is 4. The lowest BCUT2D eigenvalue weighted by Gasteiger charge is -2.34. The molecule has 1 unspecified atom stereocenters. The van der Waals surface area contributed by atoms with E-state index in [9.17, 15) is 0 Å². The van der Waals surface area contributed by atoms with E-state index in [2.05, 4.69) is 51.9 Å². The van der Waals surface area contributed by atoms with Crippen LogP contribution in [0, 0.1) is 5.92 Å². The minimum Gasteiger partial charge on any atom is -0.379 e. The highest BCUT2D eigenvalue weighted by atomic mass is 16.5. The van der Waals surface area contributed by atoms with Gasteiger partial charge in [-0.2, -0.15) is 0 Å². The maximum atomic E-state index is 5.53. The van der Waals surface area contributed by atoms with Crippen LogP contribution in [0.1, 0.15) is 32.9 Å². The molecule has 0 amide bonds. The van der Waals surface area contributed by atoms with Gasteiger partial charge in [-0.1, -0.05) is 19.9 Å². The van der Waals surface area contributed by atoms with Gasteiger partial charge in [0.1, 0.15) is 5.65 Å². The maximum Gasteiger partial charge on any atom is 0.191 e. The summed E-state index contributed by atoms with van der Waals surface area (Å²) in [5.74, 6) is 1.54. The van der Waals surface area contributed by atoms with Gasteiger partial charge in [-0.15, -0.1) is 0 Å². The molecular formula is C22H36N6O. The Kier molecular flexibility index (Phi) is 8.31. The van der Waals surface area contributed by atoms with Crippen molar-refractivity contribution in [1.29, 1.82) is 0 Å². The molecule has 1 fully saturated rings. The molecule has 3 heterocycles. The van der Waals surface area contributed by atoms with Gasteiger partial charge >= 0.3 is 0 Å². The van der Waals surface area contributed by atoms with E-state index in [4.69, 9.17) is 9.73 Å². The number of pyridine rings is 1. The first-order chi connectivity index (χ1) is 14.2. The number of aromatic nitrogens is 2. The number of rotatable bonds is 9. The lowest BCUT2D eigenvalue weighted by Crippen LogP contribution is -2.46. The Morgan fingerprint density at radius 1 is 1.24 bits per heavy atom. The van der Waals surface area contributed by atoms with Crippen LogP contribution in [0.5, 0.6) is 0 Å². The number of aliphatic imine (C=N–C) groups is 1. The molecule has 0 saturated carbocycles. The second-order valence-electron chi connectivity index (χ2n) is 8.03. The average molecular weight is 401 g/mol. The molecular weight excluding hydrogens is 364 g/mol. The van der Waals surface area contributed by atoms with Crippen molar-refractivity contribution in [2.45, 2.75) is 39.7 Å². The molecule has 2 aromatic rings. The van der Waals surface area contributed by atoms with Crippen molar-refractivity contribution in [3.63, 3.8) is 0 Å². The molecule has 2 aromatic heterocycles. The van der Waals surface area contributed by atoms with Gasteiger partial charge in [0, 0.05) is 51.0 Å². The number of nitrogens with one attached hydrogen (secondary N) is 2. The predicted molar refractivity (Wildman–Crippen MR) is 119 cm³/mol. The van der Waals surface area contributed by atoms with E-state index in [0.717, 1.165) is 76.1 Å². The van der Waals surface area contributed by atoms with Crippen LogP contribution >= 0.6 is 0 Å². The predicted octanol–water partition coefficient (Wildman–Crippen LogP) is 2.18. The summed E-state index contributed by atoms with van der Waals surface area (Å²) in [6.07, 6.45) is 6.15. The van der Waals surface area contributed by atoms with E-state index >= 15 is 0 Å². The number of morpholine rings is 1. The van der Waals surface area contributed by atoms with E-state index in [1.807, 2.05) is 24.4 Å². The Bertz CT molecular complexity index is 733. The molecule has 0 spiro atoms. The number of guanidine groups is 1. The van der Waals surface area contributed by atoms with Gasteiger partial charge in [-0.05, 0) is 31.4 Å². The van der Waals surface area contributed by atoms with Crippen LogP contribution in [0.2, 0.25) is 0 Å². The molecule has 2 N–H and O–H groups in total. The van der Waals surface area contributed by atoms with Crippen LogP contribution in [0.15, 0.2) is 35.6 Å². The summed E-state index contributed by atoms with van der Waals surface area (Å²) in [6.45, 7) is 12.8. The summed E-state index contributed by atoms with van der Waals surface area (Å²) in [5.41, 5.74) is 2.08. The molecule has 160 valence electrons. The Hall–Kier alpha value is -2.12. The van der Waals surface area contributed by atoms with Crippen molar-refractivity contribution < 1.29 is 4.74 Å². The van der Waals surface area contributed by atoms with Gasteiger partial charge in [-0.3, -0.25) is 9.89 Å². The van der Waals surface area contributed by atoms with E-state index in [1.165, 1.54) is 0 Å². The van der Waals surface area contributed by atoms with Gasteiger partial charge in [0.2, 0.25) is 0 Å². The van der Waals surface area contributed by atoms with Gasteiger partial charge in [-0.25, -0.2) is 4.98 Å². The Balaban J connectivity index is 1.55. The zero-order valence-corrected chi connectivity index (χ0v) is 18.1. The SMILES string of the molecule is CCNC(=NCC(CC(C)C)N1CCOCC1)NCCc1cn2ccccc2n1. The number of imidazole rings is 1. The Labute approximate surface area is 174 Å².